The van der Waals surface area contributed by atoms with Crippen molar-refractivity contribution in [1.82, 2.24) is 0 Å². The van der Waals surface area contributed by atoms with Gasteiger partial charge in [0.25, 0.3) is 0 Å². The number of benzene rings is 3. The number of ether oxygens (including phenoxy) is 1. The van der Waals surface area contributed by atoms with E-state index in [1.165, 1.54) is 17.7 Å². The van der Waals surface area contributed by atoms with Gasteiger partial charge in [0.2, 0.25) is 0 Å². The Morgan fingerprint density at radius 1 is 0.848 bits per heavy atom. The second-order valence-electron chi connectivity index (χ2n) is 8.51. The van der Waals surface area contributed by atoms with Crippen LogP contribution in [0.15, 0.2) is 93.5 Å². The summed E-state index contributed by atoms with van der Waals surface area (Å²) >= 11 is 0. The lowest BCUT2D eigenvalue weighted by molar-refractivity contribution is -0.0108. The lowest BCUT2D eigenvalue weighted by Gasteiger charge is -2.19. The molecular formula is C25H26F2O4S2+2. The quantitative estimate of drug-likeness (QED) is 0.244. The van der Waals surface area contributed by atoms with E-state index in [1.54, 1.807) is 12.1 Å². The molecule has 3 aromatic rings. The molecule has 33 heavy (non-hydrogen) atoms. The smallest absolute Gasteiger partial charge is 0.444 e. The van der Waals surface area contributed by atoms with Gasteiger partial charge in [-0.1, -0.05) is 51.1 Å². The third-order valence-corrected chi connectivity index (χ3v) is 8.17. The van der Waals surface area contributed by atoms with Crippen molar-refractivity contribution in [1.29, 1.82) is 0 Å². The van der Waals surface area contributed by atoms with Crippen molar-refractivity contribution in [3.8, 4) is 5.75 Å². The number of hydrogen-bond donors (Lipinski definition) is 1. The number of halogens is 2. The van der Waals surface area contributed by atoms with Gasteiger partial charge in [-0.15, -0.1) is 0 Å². The minimum absolute atomic E-state index is 0.0155. The maximum atomic E-state index is 13.8. The maximum absolute atomic E-state index is 13.8. The van der Waals surface area contributed by atoms with Crippen LogP contribution in [0, 0.1) is 6.92 Å². The van der Waals surface area contributed by atoms with Crippen molar-refractivity contribution >= 4 is 21.0 Å². The summed E-state index contributed by atoms with van der Waals surface area (Å²) in [6.45, 7) is 9.50. The third-order valence-electron chi connectivity index (χ3n) is 4.99. The lowest BCUT2D eigenvalue weighted by atomic mass is 9.87. The fraction of sp³-hybridized carbons (Fsp3) is 0.240. The molecule has 3 rings (SSSR count). The van der Waals surface area contributed by atoms with Gasteiger partial charge in [0, 0.05) is 0 Å². The fourth-order valence-corrected chi connectivity index (χ4v) is 5.55. The van der Waals surface area contributed by atoms with E-state index >= 15 is 0 Å². The summed E-state index contributed by atoms with van der Waals surface area (Å²) in [6.07, 6.45) is -2.31. The Hall–Kier alpha value is -2.55. The predicted octanol–water partition coefficient (Wildman–Crippen LogP) is 6.14. The van der Waals surface area contributed by atoms with Gasteiger partial charge >= 0.3 is 21.5 Å². The molecule has 0 fully saturated rings. The SMILES string of the molecule is [CH2+]C(Oc1ccc([S+](c2ccccc2)c2ccc(C(C)(C)C)cc2)cc1)C(F)(F)S(=O)(=O)O. The highest BCUT2D eigenvalue weighted by Gasteiger charge is 2.56. The van der Waals surface area contributed by atoms with Crippen LogP contribution in [0.3, 0.4) is 0 Å². The summed E-state index contributed by atoms with van der Waals surface area (Å²) in [6, 6.07) is 24.8. The maximum Gasteiger partial charge on any atom is 0.448 e. The van der Waals surface area contributed by atoms with Crippen molar-refractivity contribution in [3.05, 3.63) is 91.3 Å². The van der Waals surface area contributed by atoms with Crippen molar-refractivity contribution in [2.45, 2.75) is 52.2 Å². The fourth-order valence-electron chi connectivity index (χ4n) is 3.11. The van der Waals surface area contributed by atoms with Gasteiger partial charge < -0.3 is 4.74 Å². The lowest BCUT2D eigenvalue weighted by Crippen LogP contribution is -2.42. The van der Waals surface area contributed by atoms with Crippen LogP contribution < -0.4 is 4.74 Å². The van der Waals surface area contributed by atoms with E-state index in [-0.39, 0.29) is 11.2 Å². The molecule has 2 atom stereocenters. The van der Waals surface area contributed by atoms with Crippen molar-refractivity contribution in [2.24, 2.45) is 0 Å². The zero-order valence-electron chi connectivity index (χ0n) is 18.5. The van der Waals surface area contributed by atoms with Crippen LogP contribution in [0.2, 0.25) is 0 Å². The number of hydrogen-bond acceptors (Lipinski definition) is 3. The van der Waals surface area contributed by atoms with Gasteiger partial charge in [0.05, 0.1) is 10.9 Å². The number of rotatable bonds is 7. The van der Waals surface area contributed by atoms with E-state index in [0.29, 0.717) is 0 Å². The molecule has 2 unspecified atom stereocenters. The van der Waals surface area contributed by atoms with E-state index in [9.17, 15) is 17.2 Å². The highest BCUT2D eigenvalue weighted by Crippen LogP contribution is 2.34. The van der Waals surface area contributed by atoms with E-state index in [4.69, 9.17) is 9.29 Å². The Morgan fingerprint density at radius 2 is 1.30 bits per heavy atom. The molecule has 0 radical (unpaired) electrons. The summed E-state index contributed by atoms with van der Waals surface area (Å²) in [7, 11) is -6.11. The Balaban J connectivity index is 1.93. The Bertz CT molecular complexity index is 1170. The van der Waals surface area contributed by atoms with Crippen LogP contribution in [0.4, 0.5) is 8.78 Å². The summed E-state index contributed by atoms with van der Waals surface area (Å²) < 4.78 is 63.1. The van der Waals surface area contributed by atoms with Crippen LogP contribution >= 0.6 is 0 Å². The van der Waals surface area contributed by atoms with E-state index < -0.39 is 32.4 Å². The molecule has 1 N–H and O–H groups in total. The second-order valence-corrected chi connectivity index (χ2v) is 12.0. The van der Waals surface area contributed by atoms with Crippen LogP contribution in [0.25, 0.3) is 0 Å². The van der Waals surface area contributed by atoms with E-state index in [2.05, 4.69) is 52.0 Å². The van der Waals surface area contributed by atoms with Crippen LogP contribution in [0.5, 0.6) is 5.75 Å². The monoisotopic (exact) mass is 492 g/mol. The largest absolute Gasteiger partial charge is 0.448 e. The third kappa shape index (κ3) is 5.69. The van der Waals surface area contributed by atoms with Crippen LogP contribution in [-0.2, 0) is 26.4 Å². The predicted molar refractivity (Wildman–Crippen MR) is 126 cm³/mol. The molecule has 0 aliphatic rings. The molecule has 0 aliphatic heterocycles. The van der Waals surface area contributed by atoms with Crippen molar-refractivity contribution in [2.75, 3.05) is 0 Å². The van der Waals surface area contributed by atoms with Crippen molar-refractivity contribution in [3.63, 3.8) is 0 Å². The first-order valence-corrected chi connectivity index (χ1v) is 12.8. The molecule has 8 heteroatoms. The normalized spacial score (nSPS) is 14.5. The Morgan fingerprint density at radius 3 is 1.76 bits per heavy atom. The molecule has 4 nitrogen and oxygen atoms in total. The zero-order valence-corrected chi connectivity index (χ0v) is 20.2. The molecule has 0 spiro atoms. The first kappa shape index (κ1) is 25.1. The molecule has 0 saturated heterocycles. The molecule has 174 valence electrons. The van der Waals surface area contributed by atoms with E-state index in [1.807, 2.05) is 30.3 Å². The highest BCUT2D eigenvalue weighted by molar-refractivity contribution is 7.97. The summed E-state index contributed by atoms with van der Waals surface area (Å²) in [5, 5.41) is -4.53. The van der Waals surface area contributed by atoms with Crippen LogP contribution in [0.1, 0.15) is 26.3 Å². The van der Waals surface area contributed by atoms with Crippen LogP contribution in [-0.4, -0.2) is 24.3 Å². The molecular weight excluding hydrogens is 466 g/mol. The second kappa shape index (κ2) is 9.37. The molecule has 0 bridgehead atoms. The zero-order chi connectivity index (χ0) is 24.4. The summed E-state index contributed by atoms with van der Waals surface area (Å²) in [4.78, 5) is 3.11. The van der Waals surface area contributed by atoms with Crippen molar-refractivity contribution < 1.29 is 26.5 Å². The van der Waals surface area contributed by atoms with Gasteiger partial charge in [0.15, 0.2) is 14.7 Å². The summed E-state index contributed by atoms with van der Waals surface area (Å²) in [5.41, 5.74) is 1.24. The van der Waals surface area contributed by atoms with Gasteiger partial charge in [0.1, 0.15) is 12.7 Å². The highest BCUT2D eigenvalue weighted by atomic mass is 32.2. The topological polar surface area (TPSA) is 63.6 Å². The number of alkyl halides is 2. The summed E-state index contributed by atoms with van der Waals surface area (Å²) in [5.74, 6) is 0.0155. The average Bonchev–Trinajstić information content (AvgIpc) is 2.75. The molecule has 0 amide bonds. The minimum Gasteiger partial charge on any atom is -0.444 e. The molecule has 0 heterocycles. The standard InChI is InChI=1S/C25H25F2O4S2/c1-18(25(26,27)33(28,29)30)31-20-12-16-23(17-13-20)32(21-8-6-5-7-9-21)22-14-10-19(11-15-22)24(2,3)4/h5-18H,1H2,2-4H3/q+1/p+1. The first-order chi connectivity index (χ1) is 15.3. The first-order valence-electron chi connectivity index (χ1n) is 10.2. The van der Waals surface area contributed by atoms with Gasteiger partial charge in [-0.3, -0.25) is 4.55 Å². The van der Waals surface area contributed by atoms with Gasteiger partial charge in [-0.2, -0.15) is 17.2 Å². The van der Waals surface area contributed by atoms with Gasteiger partial charge in [-0.05, 0) is 59.5 Å². The van der Waals surface area contributed by atoms with E-state index in [0.717, 1.165) is 14.7 Å². The molecule has 0 aromatic heterocycles. The Labute approximate surface area is 196 Å². The minimum atomic E-state index is -5.65. The molecule has 3 aromatic carbocycles. The average molecular weight is 493 g/mol. The molecule has 0 saturated carbocycles. The molecule has 0 aliphatic carbocycles. The Kier molecular flexibility index (Phi) is 7.12. The van der Waals surface area contributed by atoms with Gasteiger partial charge in [-0.25, -0.2) is 0 Å².